The standard InChI is InChI=1S/C40H24N6/c41-25-30-37(45-33-17-6-4-13-28(33)39-35(45)19-9-21-42-39)23-27(32-16-8-15-31(44-32)26-11-2-1-3-12-26)24-38(30)46-34-18-7-5-14-29(34)40-36(46)20-10-22-43-40/h1-24H. The molecule has 0 saturated carbocycles. The second-order valence-corrected chi connectivity index (χ2v) is 11.2. The van der Waals surface area contributed by atoms with Gasteiger partial charge in [0.25, 0.3) is 0 Å². The molecule has 0 aliphatic heterocycles. The lowest BCUT2D eigenvalue weighted by Gasteiger charge is -2.18. The Bertz CT molecular complexity index is 2420. The Labute approximate surface area is 264 Å². The third-order valence-corrected chi connectivity index (χ3v) is 8.66. The van der Waals surface area contributed by atoms with E-state index in [1.165, 1.54) is 0 Å². The molecule has 0 N–H and O–H groups in total. The second kappa shape index (κ2) is 10.3. The number of nitriles is 1. The summed E-state index contributed by atoms with van der Waals surface area (Å²) < 4.78 is 4.33. The van der Waals surface area contributed by atoms with Crippen molar-refractivity contribution in [2.45, 2.75) is 0 Å². The number of pyridine rings is 3. The Kier molecular flexibility index (Phi) is 5.77. The minimum Gasteiger partial charge on any atom is -0.306 e. The van der Waals surface area contributed by atoms with Gasteiger partial charge in [-0.3, -0.25) is 9.97 Å². The summed E-state index contributed by atoms with van der Waals surface area (Å²) in [6.45, 7) is 0. The smallest absolute Gasteiger partial charge is 0.104 e. The highest BCUT2D eigenvalue weighted by Crippen LogP contribution is 2.39. The highest BCUT2D eigenvalue weighted by Gasteiger charge is 2.23. The molecule has 46 heavy (non-hydrogen) atoms. The Hall–Kier alpha value is -6.58. The molecule has 0 saturated heterocycles. The zero-order valence-electron chi connectivity index (χ0n) is 24.5. The predicted molar refractivity (Wildman–Crippen MR) is 184 cm³/mol. The molecule has 0 aliphatic carbocycles. The van der Waals surface area contributed by atoms with Gasteiger partial charge in [-0.05, 0) is 60.7 Å². The molecule has 5 aromatic heterocycles. The molecule has 9 rings (SSSR count). The SMILES string of the molecule is N#Cc1c(-n2c3ccccc3c3ncccc32)cc(-c2cccc(-c3ccccc3)n2)cc1-n1c2ccccc2c2ncccc21. The van der Waals surface area contributed by atoms with Crippen LogP contribution in [0.4, 0.5) is 0 Å². The maximum absolute atomic E-state index is 11.0. The molecule has 6 heteroatoms. The van der Waals surface area contributed by atoms with E-state index in [4.69, 9.17) is 15.0 Å². The molecule has 214 valence electrons. The number of para-hydroxylation sites is 2. The lowest BCUT2D eigenvalue weighted by atomic mass is 10.0. The average Bonchev–Trinajstić information content (AvgIpc) is 3.64. The number of aromatic nitrogens is 5. The highest BCUT2D eigenvalue weighted by atomic mass is 15.0. The van der Waals surface area contributed by atoms with Crippen LogP contribution in [-0.4, -0.2) is 24.1 Å². The van der Waals surface area contributed by atoms with E-state index < -0.39 is 0 Å². The molecular weight excluding hydrogens is 564 g/mol. The van der Waals surface area contributed by atoms with Crippen LogP contribution in [0.25, 0.3) is 77.8 Å². The minimum absolute atomic E-state index is 0.543. The van der Waals surface area contributed by atoms with Crippen LogP contribution in [0.5, 0.6) is 0 Å². The van der Waals surface area contributed by atoms with Gasteiger partial charge in [-0.2, -0.15) is 5.26 Å². The maximum Gasteiger partial charge on any atom is 0.104 e. The zero-order chi connectivity index (χ0) is 30.6. The number of nitrogens with zero attached hydrogens (tertiary/aromatic N) is 6. The molecule has 5 heterocycles. The number of rotatable bonds is 4. The van der Waals surface area contributed by atoms with E-state index >= 15 is 0 Å². The first-order valence-corrected chi connectivity index (χ1v) is 15.1. The Morgan fingerprint density at radius 2 is 0.978 bits per heavy atom. The number of benzene rings is 4. The van der Waals surface area contributed by atoms with Gasteiger partial charge >= 0.3 is 0 Å². The number of hydrogen-bond acceptors (Lipinski definition) is 4. The van der Waals surface area contributed by atoms with Gasteiger partial charge in [-0.1, -0.05) is 72.8 Å². The first kappa shape index (κ1) is 25.9. The topological polar surface area (TPSA) is 72.3 Å². The second-order valence-electron chi connectivity index (χ2n) is 11.2. The van der Waals surface area contributed by atoms with Crippen molar-refractivity contribution in [1.29, 1.82) is 5.26 Å². The first-order chi connectivity index (χ1) is 22.8. The van der Waals surface area contributed by atoms with Crippen LogP contribution >= 0.6 is 0 Å². The van der Waals surface area contributed by atoms with Crippen molar-refractivity contribution in [2.24, 2.45) is 0 Å². The molecule has 0 bridgehead atoms. The average molecular weight is 589 g/mol. The molecule has 0 aliphatic rings. The molecule has 0 radical (unpaired) electrons. The molecular formula is C40H24N6. The fourth-order valence-corrected chi connectivity index (χ4v) is 6.68. The molecule has 9 aromatic rings. The van der Waals surface area contributed by atoms with Gasteiger partial charge in [0.15, 0.2) is 0 Å². The summed E-state index contributed by atoms with van der Waals surface area (Å²) >= 11 is 0. The van der Waals surface area contributed by atoms with E-state index in [1.54, 1.807) is 0 Å². The molecule has 0 amide bonds. The lowest BCUT2D eigenvalue weighted by Crippen LogP contribution is -2.05. The van der Waals surface area contributed by atoms with Crippen molar-refractivity contribution < 1.29 is 0 Å². The third-order valence-electron chi connectivity index (χ3n) is 8.66. The van der Waals surface area contributed by atoms with E-state index in [2.05, 4.69) is 75.9 Å². The van der Waals surface area contributed by atoms with E-state index in [1.807, 2.05) is 85.2 Å². The largest absolute Gasteiger partial charge is 0.306 e. The van der Waals surface area contributed by atoms with Gasteiger partial charge in [0.2, 0.25) is 0 Å². The van der Waals surface area contributed by atoms with Crippen LogP contribution in [0.15, 0.2) is 146 Å². The highest BCUT2D eigenvalue weighted by molar-refractivity contribution is 6.09. The first-order valence-electron chi connectivity index (χ1n) is 15.1. The van der Waals surface area contributed by atoms with Crippen LogP contribution in [0.3, 0.4) is 0 Å². The van der Waals surface area contributed by atoms with Gasteiger partial charge in [0, 0.05) is 34.3 Å². The third kappa shape index (κ3) is 3.86. The van der Waals surface area contributed by atoms with Crippen molar-refractivity contribution >= 4 is 43.9 Å². The molecule has 0 fully saturated rings. The molecule has 0 unspecified atom stereocenters. The van der Waals surface area contributed by atoms with Gasteiger partial charge in [0.05, 0.1) is 55.9 Å². The quantitative estimate of drug-likeness (QED) is 0.205. The summed E-state index contributed by atoms with van der Waals surface area (Å²) in [5.74, 6) is 0. The normalized spacial score (nSPS) is 11.5. The van der Waals surface area contributed by atoms with Crippen LogP contribution in [0.1, 0.15) is 5.56 Å². The van der Waals surface area contributed by atoms with Gasteiger partial charge in [-0.15, -0.1) is 0 Å². The predicted octanol–water partition coefficient (Wildman–Crippen LogP) is 9.27. The van der Waals surface area contributed by atoms with E-state index in [9.17, 15) is 5.26 Å². The van der Waals surface area contributed by atoms with Crippen molar-refractivity contribution in [1.82, 2.24) is 24.1 Å². The van der Waals surface area contributed by atoms with Crippen LogP contribution in [0.2, 0.25) is 0 Å². The van der Waals surface area contributed by atoms with Crippen molar-refractivity contribution in [3.8, 4) is 40.0 Å². The molecule has 4 aromatic carbocycles. The molecule has 0 spiro atoms. The summed E-state index contributed by atoms with van der Waals surface area (Å²) in [6, 6.07) is 47.5. The van der Waals surface area contributed by atoms with Crippen molar-refractivity contribution in [2.75, 3.05) is 0 Å². The van der Waals surface area contributed by atoms with E-state index in [-0.39, 0.29) is 0 Å². The summed E-state index contributed by atoms with van der Waals surface area (Å²) in [4.78, 5) is 14.7. The molecule has 6 nitrogen and oxygen atoms in total. The number of hydrogen-bond donors (Lipinski definition) is 0. The summed E-state index contributed by atoms with van der Waals surface area (Å²) in [7, 11) is 0. The van der Waals surface area contributed by atoms with Crippen molar-refractivity contribution in [3.05, 3.63) is 151 Å². The fraction of sp³-hybridized carbons (Fsp3) is 0. The van der Waals surface area contributed by atoms with E-state index in [0.29, 0.717) is 5.56 Å². The molecule has 0 atom stereocenters. The minimum atomic E-state index is 0.543. The Morgan fingerprint density at radius 1 is 0.478 bits per heavy atom. The Balaban J connectivity index is 1.43. The maximum atomic E-state index is 11.0. The van der Waals surface area contributed by atoms with E-state index in [0.717, 1.165) is 77.8 Å². The Morgan fingerprint density at radius 3 is 1.54 bits per heavy atom. The van der Waals surface area contributed by atoms with Gasteiger partial charge in [-0.25, -0.2) is 4.98 Å². The monoisotopic (exact) mass is 588 g/mol. The fourth-order valence-electron chi connectivity index (χ4n) is 6.68. The van der Waals surface area contributed by atoms with Crippen LogP contribution in [0, 0.1) is 11.3 Å². The van der Waals surface area contributed by atoms with Crippen LogP contribution in [-0.2, 0) is 0 Å². The van der Waals surface area contributed by atoms with Gasteiger partial charge < -0.3 is 9.13 Å². The zero-order valence-corrected chi connectivity index (χ0v) is 24.5. The number of fused-ring (bicyclic) bond motifs is 6. The van der Waals surface area contributed by atoms with Crippen LogP contribution < -0.4 is 0 Å². The lowest BCUT2D eigenvalue weighted by molar-refractivity contribution is 1.11. The van der Waals surface area contributed by atoms with Crippen molar-refractivity contribution in [3.63, 3.8) is 0 Å². The summed E-state index contributed by atoms with van der Waals surface area (Å²) in [5, 5.41) is 13.1. The summed E-state index contributed by atoms with van der Waals surface area (Å²) in [5.41, 5.74) is 11.3. The van der Waals surface area contributed by atoms with Gasteiger partial charge in [0.1, 0.15) is 11.6 Å². The summed E-state index contributed by atoms with van der Waals surface area (Å²) in [6.07, 6.45) is 3.63.